The average molecular weight is 314 g/mol. The minimum atomic E-state index is -3.41. The second kappa shape index (κ2) is 6.17. The van der Waals surface area contributed by atoms with E-state index in [2.05, 4.69) is 0 Å². The molecule has 0 spiro atoms. The quantitative estimate of drug-likeness (QED) is 0.796. The van der Waals surface area contributed by atoms with Gasteiger partial charge >= 0.3 is 0 Å². The molecular weight excluding hydrogens is 296 g/mol. The van der Waals surface area contributed by atoms with Gasteiger partial charge in [-0.25, -0.2) is 12.7 Å². The lowest BCUT2D eigenvalue weighted by molar-refractivity contribution is 0.113. The molecule has 2 rings (SSSR count). The minimum Gasteiger partial charge on any atom is -0.393 e. The van der Waals surface area contributed by atoms with Crippen LogP contribution in [0.2, 0.25) is 0 Å². The van der Waals surface area contributed by atoms with E-state index in [1.807, 2.05) is 0 Å². The molecule has 1 heterocycles. The number of hydrogen-bond donors (Lipinski definition) is 2. The van der Waals surface area contributed by atoms with Crippen LogP contribution in [0.3, 0.4) is 0 Å². The van der Waals surface area contributed by atoms with Gasteiger partial charge in [-0.15, -0.1) is 0 Å². The number of aliphatic hydroxyl groups is 1. The van der Waals surface area contributed by atoms with Crippen LogP contribution in [0.5, 0.6) is 0 Å². The topological polar surface area (TPSA) is 83.6 Å². The second-order valence-corrected chi connectivity index (χ2v) is 7.32. The van der Waals surface area contributed by atoms with Gasteiger partial charge in [-0.3, -0.25) is 0 Å². The monoisotopic (exact) mass is 314 g/mol. The SMILES string of the molecule is NC(=S)c1ccccc1CS(=O)(=O)N1CCC(O)CC1. The lowest BCUT2D eigenvalue weighted by Gasteiger charge is -2.29. The molecule has 1 aromatic rings. The second-order valence-electron chi connectivity index (χ2n) is 4.91. The highest BCUT2D eigenvalue weighted by atomic mass is 32.2. The summed E-state index contributed by atoms with van der Waals surface area (Å²) < 4.78 is 26.2. The maximum absolute atomic E-state index is 12.4. The third kappa shape index (κ3) is 3.54. The van der Waals surface area contributed by atoms with E-state index in [1.54, 1.807) is 24.3 Å². The van der Waals surface area contributed by atoms with Crippen molar-refractivity contribution in [2.75, 3.05) is 13.1 Å². The molecule has 0 radical (unpaired) electrons. The zero-order valence-corrected chi connectivity index (χ0v) is 12.7. The van der Waals surface area contributed by atoms with Crippen molar-refractivity contribution >= 4 is 27.2 Å². The molecule has 1 aromatic carbocycles. The van der Waals surface area contributed by atoms with Crippen molar-refractivity contribution in [3.63, 3.8) is 0 Å². The summed E-state index contributed by atoms with van der Waals surface area (Å²) in [4.78, 5) is 0.199. The Morgan fingerprint density at radius 1 is 1.35 bits per heavy atom. The maximum atomic E-state index is 12.4. The highest BCUT2D eigenvalue weighted by Crippen LogP contribution is 2.19. The molecule has 5 nitrogen and oxygen atoms in total. The Bertz CT molecular complexity index is 593. The highest BCUT2D eigenvalue weighted by Gasteiger charge is 2.27. The van der Waals surface area contributed by atoms with Gasteiger partial charge in [-0.05, 0) is 18.4 Å². The van der Waals surface area contributed by atoms with Gasteiger partial charge in [0.05, 0.1) is 11.9 Å². The predicted octanol–water partition coefficient (Wildman–Crippen LogP) is 0.607. The Balaban J connectivity index is 2.18. The van der Waals surface area contributed by atoms with Gasteiger partial charge < -0.3 is 10.8 Å². The Kier molecular flexibility index (Phi) is 4.74. The lowest BCUT2D eigenvalue weighted by atomic mass is 10.1. The number of rotatable bonds is 4. The van der Waals surface area contributed by atoms with E-state index in [9.17, 15) is 13.5 Å². The Morgan fingerprint density at radius 2 is 1.95 bits per heavy atom. The summed E-state index contributed by atoms with van der Waals surface area (Å²) in [5.41, 5.74) is 6.84. The fourth-order valence-electron chi connectivity index (χ4n) is 2.29. The molecule has 3 N–H and O–H groups in total. The van der Waals surface area contributed by atoms with E-state index in [4.69, 9.17) is 18.0 Å². The van der Waals surface area contributed by atoms with Crippen LogP contribution in [0.15, 0.2) is 24.3 Å². The highest BCUT2D eigenvalue weighted by molar-refractivity contribution is 7.88. The van der Waals surface area contributed by atoms with Crippen molar-refractivity contribution < 1.29 is 13.5 Å². The van der Waals surface area contributed by atoms with Crippen LogP contribution in [-0.2, 0) is 15.8 Å². The first-order chi connectivity index (χ1) is 9.40. The number of piperidine rings is 1. The number of nitrogens with zero attached hydrogens (tertiary/aromatic N) is 1. The van der Waals surface area contributed by atoms with E-state index in [1.165, 1.54) is 4.31 Å². The van der Waals surface area contributed by atoms with Crippen molar-refractivity contribution in [3.05, 3.63) is 35.4 Å². The molecule has 0 bridgehead atoms. The number of thiocarbonyl (C=S) groups is 1. The number of sulfonamides is 1. The summed E-state index contributed by atoms with van der Waals surface area (Å²) in [7, 11) is -3.41. The molecule has 1 aliphatic heterocycles. The molecule has 0 amide bonds. The largest absolute Gasteiger partial charge is 0.393 e. The van der Waals surface area contributed by atoms with Gasteiger partial charge in [0.25, 0.3) is 0 Å². The summed E-state index contributed by atoms with van der Waals surface area (Å²) in [5.74, 6) is -0.114. The van der Waals surface area contributed by atoms with Gasteiger partial charge in [0.2, 0.25) is 10.0 Å². The lowest BCUT2D eigenvalue weighted by Crippen LogP contribution is -2.40. The van der Waals surface area contributed by atoms with Crippen LogP contribution < -0.4 is 5.73 Å². The third-order valence-corrected chi connectivity index (χ3v) is 5.49. The van der Waals surface area contributed by atoms with E-state index in [0.717, 1.165) is 0 Å². The van der Waals surface area contributed by atoms with E-state index in [0.29, 0.717) is 37.1 Å². The Morgan fingerprint density at radius 3 is 2.55 bits per heavy atom. The molecule has 110 valence electrons. The van der Waals surface area contributed by atoms with Gasteiger partial charge in [0.1, 0.15) is 4.99 Å². The predicted molar refractivity (Wildman–Crippen MR) is 81.8 cm³/mol. The van der Waals surface area contributed by atoms with Crippen molar-refractivity contribution in [3.8, 4) is 0 Å². The molecule has 0 aromatic heterocycles. The van der Waals surface area contributed by atoms with Crippen molar-refractivity contribution in [2.24, 2.45) is 5.73 Å². The van der Waals surface area contributed by atoms with Gasteiger partial charge in [0, 0.05) is 18.7 Å². The number of benzene rings is 1. The van der Waals surface area contributed by atoms with Crippen molar-refractivity contribution in [2.45, 2.75) is 24.7 Å². The van der Waals surface area contributed by atoms with Crippen LogP contribution in [0, 0.1) is 0 Å². The molecule has 0 unspecified atom stereocenters. The van der Waals surface area contributed by atoms with Crippen LogP contribution >= 0.6 is 12.2 Å². The van der Waals surface area contributed by atoms with E-state index >= 15 is 0 Å². The Labute approximate surface area is 124 Å². The van der Waals surface area contributed by atoms with Crippen molar-refractivity contribution in [1.82, 2.24) is 4.31 Å². The molecule has 7 heteroatoms. The number of nitrogens with two attached hydrogens (primary N) is 1. The minimum absolute atomic E-state index is 0.114. The molecule has 0 aliphatic carbocycles. The van der Waals surface area contributed by atoms with Crippen molar-refractivity contribution in [1.29, 1.82) is 0 Å². The average Bonchev–Trinajstić information content (AvgIpc) is 2.39. The van der Waals surface area contributed by atoms with Crippen LogP contribution in [0.4, 0.5) is 0 Å². The molecule has 1 aliphatic rings. The zero-order chi connectivity index (χ0) is 14.8. The summed E-state index contributed by atoms with van der Waals surface area (Å²) in [6.45, 7) is 0.720. The summed E-state index contributed by atoms with van der Waals surface area (Å²) in [5, 5.41) is 9.44. The molecule has 20 heavy (non-hydrogen) atoms. The first-order valence-corrected chi connectivity index (χ1v) is 8.45. The van der Waals surface area contributed by atoms with Gasteiger partial charge in [-0.1, -0.05) is 36.5 Å². The summed E-state index contributed by atoms with van der Waals surface area (Å²) in [6, 6.07) is 7.01. The van der Waals surface area contributed by atoms with E-state index < -0.39 is 16.1 Å². The first kappa shape index (κ1) is 15.4. The van der Waals surface area contributed by atoms with Crippen LogP contribution in [0.25, 0.3) is 0 Å². The molecule has 1 fully saturated rings. The fourth-order valence-corrected chi connectivity index (χ4v) is 4.09. The number of aliphatic hydroxyl groups excluding tert-OH is 1. The van der Waals surface area contributed by atoms with Gasteiger partial charge in [-0.2, -0.15) is 0 Å². The van der Waals surface area contributed by atoms with Gasteiger partial charge in [0.15, 0.2) is 0 Å². The third-order valence-electron chi connectivity index (χ3n) is 3.44. The Hall–Kier alpha value is -1.02. The summed E-state index contributed by atoms with van der Waals surface area (Å²) in [6.07, 6.45) is 0.567. The first-order valence-electron chi connectivity index (χ1n) is 6.44. The zero-order valence-electron chi connectivity index (χ0n) is 11.0. The molecule has 0 atom stereocenters. The molecular formula is C13H18N2O3S2. The fraction of sp³-hybridized carbons (Fsp3) is 0.462. The maximum Gasteiger partial charge on any atom is 0.218 e. The molecule has 0 saturated carbocycles. The standard InChI is InChI=1S/C13H18N2O3S2/c14-13(19)12-4-2-1-3-10(12)9-20(17,18)15-7-5-11(16)6-8-15/h1-4,11,16H,5-9H2,(H2,14,19). The molecule has 1 saturated heterocycles. The van der Waals surface area contributed by atoms with E-state index in [-0.39, 0.29) is 10.7 Å². The van der Waals surface area contributed by atoms with Crippen LogP contribution in [-0.4, -0.2) is 42.0 Å². The van der Waals surface area contributed by atoms with Crippen LogP contribution in [0.1, 0.15) is 24.0 Å². The normalized spacial score (nSPS) is 18.1. The number of hydrogen-bond acceptors (Lipinski definition) is 4. The summed E-state index contributed by atoms with van der Waals surface area (Å²) >= 11 is 4.95. The smallest absolute Gasteiger partial charge is 0.218 e.